The minimum Gasteiger partial charge on any atom is -0.443 e. The lowest BCUT2D eigenvalue weighted by Crippen LogP contribution is -2.56. The molecule has 0 spiro atoms. The third-order valence-corrected chi connectivity index (χ3v) is 5.41. The summed E-state index contributed by atoms with van der Waals surface area (Å²) in [6.07, 6.45) is -0.721. The maximum atomic E-state index is 13.2. The van der Waals surface area contributed by atoms with E-state index in [9.17, 15) is 14.4 Å². The molecular weight excluding hydrogens is 420 g/mol. The minimum atomic E-state index is -0.896. The second-order valence-electron chi connectivity index (χ2n) is 7.66. The van der Waals surface area contributed by atoms with E-state index in [0.29, 0.717) is 18.4 Å². The van der Waals surface area contributed by atoms with E-state index in [2.05, 4.69) is 5.43 Å². The summed E-state index contributed by atoms with van der Waals surface area (Å²) in [6, 6.07) is 24.7. The number of aryl methyl sites for hydroxylation is 1. The third-order valence-electron chi connectivity index (χ3n) is 5.41. The Morgan fingerprint density at radius 3 is 2.06 bits per heavy atom. The Morgan fingerprint density at radius 1 is 0.818 bits per heavy atom. The standard InChI is InChI=1S/C26H24N2O5/c29-24-22-14-8-7-13-21(22)15-16-23(24)28(26(31)33-18-20-11-5-2-6-12-20)27-25(30)32-17-19-9-3-1-4-10-19/h1-14,23H,15-18H2,(H,27,30)/t23-/m0/s1. The number of fused-ring (bicyclic) bond motifs is 1. The number of rotatable bonds is 5. The maximum absolute atomic E-state index is 13.2. The van der Waals surface area contributed by atoms with Crippen molar-refractivity contribution in [3.8, 4) is 0 Å². The van der Waals surface area contributed by atoms with Gasteiger partial charge < -0.3 is 9.47 Å². The Balaban J connectivity index is 1.48. The molecule has 0 radical (unpaired) electrons. The molecular formula is C26H24N2O5. The molecule has 0 fully saturated rings. The van der Waals surface area contributed by atoms with Crippen LogP contribution in [0.5, 0.6) is 0 Å². The first-order valence-corrected chi connectivity index (χ1v) is 10.7. The number of carbonyl (C=O) groups excluding carboxylic acids is 3. The zero-order chi connectivity index (χ0) is 23.0. The molecule has 0 heterocycles. The van der Waals surface area contributed by atoms with Gasteiger partial charge in [0.25, 0.3) is 0 Å². The summed E-state index contributed by atoms with van der Waals surface area (Å²) in [5, 5.41) is 0.953. The van der Waals surface area contributed by atoms with E-state index in [0.717, 1.165) is 21.7 Å². The molecule has 0 aromatic heterocycles. The van der Waals surface area contributed by atoms with Crippen LogP contribution < -0.4 is 5.43 Å². The Bertz CT molecular complexity index is 1120. The average molecular weight is 444 g/mol. The highest BCUT2D eigenvalue weighted by Gasteiger charge is 2.37. The number of ether oxygens (including phenoxy) is 2. The van der Waals surface area contributed by atoms with Crippen LogP contribution in [-0.4, -0.2) is 29.0 Å². The number of amides is 2. The number of ketones is 1. The van der Waals surface area contributed by atoms with Gasteiger partial charge in [0, 0.05) is 5.56 Å². The first-order chi connectivity index (χ1) is 16.1. The van der Waals surface area contributed by atoms with E-state index < -0.39 is 18.2 Å². The number of benzene rings is 3. The molecule has 2 amide bonds. The average Bonchev–Trinajstić information content (AvgIpc) is 2.86. The molecule has 1 aliphatic carbocycles. The number of hydrazine groups is 1. The highest BCUT2D eigenvalue weighted by molar-refractivity contribution is 6.03. The summed E-state index contributed by atoms with van der Waals surface area (Å²) in [7, 11) is 0. The van der Waals surface area contributed by atoms with Crippen molar-refractivity contribution in [2.24, 2.45) is 0 Å². The highest BCUT2D eigenvalue weighted by Crippen LogP contribution is 2.24. The molecule has 0 unspecified atom stereocenters. The van der Waals surface area contributed by atoms with Crippen LogP contribution in [0.1, 0.15) is 33.5 Å². The maximum Gasteiger partial charge on any atom is 0.429 e. The van der Waals surface area contributed by atoms with Gasteiger partial charge in [-0.1, -0.05) is 84.9 Å². The molecule has 7 heteroatoms. The fourth-order valence-corrected chi connectivity index (χ4v) is 3.72. The van der Waals surface area contributed by atoms with Gasteiger partial charge >= 0.3 is 12.2 Å². The lowest BCUT2D eigenvalue weighted by atomic mass is 9.87. The normalized spacial score (nSPS) is 14.7. The number of hydrogen-bond donors (Lipinski definition) is 1. The highest BCUT2D eigenvalue weighted by atomic mass is 16.6. The smallest absolute Gasteiger partial charge is 0.429 e. The van der Waals surface area contributed by atoms with Crippen molar-refractivity contribution in [1.29, 1.82) is 0 Å². The van der Waals surface area contributed by atoms with Crippen molar-refractivity contribution in [3.63, 3.8) is 0 Å². The Labute approximate surface area is 191 Å². The Kier molecular flexibility index (Phi) is 6.99. The van der Waals surface area contributed by atoms with Crippen molar-refractivity contribution >= 4 is 18.0 Å². The van der Waals surface area contributed by atoms with Gasteiger partial charge in [0.1, 0.15) is 19.3 Å². The lowest BCUT2D eigenvalue weighted by Gasteiger charge is -2.32. The van der Waals surface area contributed by atoms with E-state index in [4.69, 9.17) is 9.47 Å². The van der Waals surface area contributed by atoms with Gasteiger partial charge in [-0.25, -0.2) is 20.0 Å². The first-order valence-electron chi connectivity index (χ1n) is 10.7. The molecule has 4 rings (SSSR count). The molecule has 3 aromatic carbocycles. The summed E-state index contributed by atoms with van der Waals surface area (Å²) in [5.41, 5.74) is 5.48. The van der Waals surface area contributed by atoms with Crippen molar-refractivity contribution < 1.29 is 23.9 Å². The van der Waals surface area contributed by atoms with Crippen LogP contribution in [0.4, 0.5) is 9.59 Å². The summed E-state index contributed by atoms with van der Waals surface area (Å²) >= 11 is 0. The second-order valence-corrected chi connectivity index (χ2v) is 7.66. The molecule has 168 valence electrons. The Morgan fingerprint density at radius 2 is 1.39 bits per heavy atom. The lowest BCUT2D eigenvalue weighted by molar-refractivity contribution is 0.0396. The van der Waals surface area contributed by atoms with E-state index in [1.165, 1.54) is 0 Å². The molecule has 0 bridgehead atoms. The topological polar surface area (TPSA) is 84.9 Å². The molecule has 3 aromatic rings. The molecule has 0 saturated heterocycles. The first kappa shape index (κ1) is 22.1. The van der Waals surface area contributed by atoms with Crippen LogP contribution in [0, 0.1) is 0 Å². The SMILES string of the molecule is O=C(NN(C(=O)OCc1ccccc1)[C@H]1CCc2ccccc2C1=O)OCc1ccccc1. The fraction of sp³-hybridized carbons (Fsp3) is 0.192. The fourth-order valence-electron chi connectivity index (χ4n) is 3.72. The van der Waals surface area contributed by atoms with Crippen molar-refractivity contribution in [2.45, 2.75) is 32.1 Å². The zero-order valence-electron chi connectivity index (χ0n) is 18.0. The predicted molar refractivity (Wildman–Crippen MR) is 121 cm³/mol. The van der Waals surface area contributed by atoms with Gasteiger partial charge in [0.15, 0.2) is 5.78 Å². The number of carbonyl (C=O) groups is 3. The Hall–Kier alpha value is -4.13. The zero-order valence-corrected chi connectivity index (χ0v) is 18.0. The molecule has 33 heavy (non-hydrogen) atoms. The van der Waals surface area contributed by atoms with Crippen molar-refractivity contribution in [2.75, 3.05) is 0 Å². The number of nitrogens with one attached hydrogen (secondary N) is 1. The van der Waals surface area contributed by atoms with E-state index >= 15 is 0 Å². The summed E-state index contributed by atoms with van der Waals surface area (Å²) < 4.78 is 10.7. The van der Waals surface area contributed by atoms with Crippen molar-refractivity contribution in [1.82, 2.24) is 10.4 Å². The van der Waals surface area contributed by atoms with Gasteiger partial charge in [-0.15, -0.1) is 0 Å². The van der Waals surface area contributed by atoms with Gasteiger partial charge in [0.05, 0.1) is 0 Å². The summed E-state index contributed by atoms with van der Waals surface area (Å²) in [4.78, 5) is 38.6. The van der Waals surface area contributed by atoms with Crippen LogP contribution in [0.25, 0.3) is 0 Å². The third kappa shape index (κ3) is 5.57. The van der Waals surface area contributed by atoms with Gasteiger partial charge in [0.2, 0.25) is 0 Å². The molecule has 1 N–H and O–H groups in total. The van der Waals surface area contributed by atoms with Crippen LogP contribution in [0.15, 0.2) is 84.9 Å². The molecule has 1 atom stereocenters. The molecule has 1 aliphatic rings. The number of nitrogens with zero attached hydrogens (tertiary/aromatic N) is 1. The summed E-state index contributed by atoms with van der Waals surface area (Å²) in [5.74, 6) is -0.253. The van der Waals surface area contributed by atoms with Crippen LogP contribution in [0.3, 0.4) is 0 Å². The molecule has 7 nitrogen and oxygen atoms in total. The van der Waals surface area contributed by atoms with E-state index in [1.54, 1.807) is 12.1 Å². The monoisotopic (exact) mass is 444 g/mol. The van der Waals surface area contributed by atoms with Gasteiger partial charge in [-0.2, -0.15) is 0 Å². The van der Waals surface area contributed by atoms with E-state index in [-0.39, 0.29) is 19.0 Å². The number of hydrogen-bond acceptors (Lipinski definition) is 5. The largest absolute Gasteiger partial charge is 0.443 e. The summed E-state index contributed by atoms with van der Waals surface area (Å²) in [6.45, 7) is 0.0371. The van der Waals surface area contributed by atoms with Crippen molar-refractivity contribution in [3.05, 3.63) is 107 Å². The predicted octanol–water partition coefficient (Wildman–Crippen LogP) is 4.66. The molecule has 0 saturated carbocycles. The molecule has 0 aliphatic heterocycles. The minimum absolute atomic E-state index is 0.00835. The van der Waals surface area contributed by atoms with Gasteiger partial charge in [-0.3, -0.25) is 4.79 Å². The second kappa shape index (κ2) is 10.5. The van der Waals surface area contributed by atoms with E-state index in [1.807, 2.05) is 72.8 Å². The van der Waals surface area contributed by atoms with Crippen LogP contribution in [-0.2, 0) is 29.1 Å². The van der Waals surface area contributed by atoms with Crippen LogP contribution in [0.2, 0.25) is 0 Å². The van der Waals surface area contributed by atoms with Crippen LogP contribution >= 0.6 is 0 Å². The quantitative estimate of drug-likeness (QED) is 0.579. The number of Topliss-reactive ketones (excluding diaryl/α,β-unsaturated/α-hetero) is 1. The van der Waals surface area contributed by atoms with Gasteiger partial charge in [-0.05, 0) is 29.5 Å².